The number of thioether (sulfide) groups is 1. The van der Waals surface area contributed by atoms with Gasteiger partial charge in [-0.2, -0.15) is 0 Å². The molecule has 0 unspecified atom stereocenters. The maximum Gasteiger partial charge on any atom is 0.281 e. The maximum atomic E-state index is 13.3. The third kappa shape index (κ3) is 5.25. The van der Waals surface area contributed by atoms with Gasteiger partial charge < -0.3 is 30.5 Å². The van der Waals surface area contributed by atoms with Crippen molar-refractivity contribution < 1.29 is 29.2 Å². The van der Waals surface area contributed by atoms with Crippen LogP contribution in [0, 0.1) is 0 Å². The minimum Gasteiger partial charge on any atom is -0.497 e. The Labute approximate surface area is 196 Å². The van der Waals surface area contributed by atoms with Crippen molar-refractivity contribution in [2.75, 3.05) is 44.9 Å². The van der Waals surface area contributed by atoms with Gasteiger partial charge in [0.25, 0.3) is 11.8 Å². The van der Waals surface area contributed by atoms with E-state index in [-0.39, 0.29) is 36.9 Å². The van der Waals surface area contributed by atoms with Crippen molar-refractivity contribution in [1.29, 1.82) is 0 Å². The number of carbonyl (C=O) groups is 4. The van der Waals surface area contributed by atoms with Crippen LogP contribution < -0.4 is 20.7 Å². The summed E-state index contributed by atoms with van der Waals surface area (Å²) >= 11 is 1.71. The largest absolute Gasteiger partial charge is 0.497 e. The summed E-state index contributed by atoms with van der Waals surface area (Å²) in [6.45, 7) is 1.31. The van der Waals surface area contributed by atoms with Crippen LogP contribution in [0.4, 0.5) is 0 Å². The highest BCUT2D eigenvalue weighted by Crippen LogP contribution is 2.19. The molecule has 0 spiro atoms. The molecule has 0 aliphatic carbocycles. The van der Waals surface area contributed by atoms with Gasteiger partial charge in [-0.05, 0) is 37.1 Å². The number of methoxy groups -OCH3 is 1. The summed E-state index contributed by atoms with van der Waals surface area (Å²) in [7, 11) is 1.55. The number of benzene rings is 1. The molecule has 3 saturated heterocycles. The zero-order chi connectivity index (χ0) is 23.4. The van der Waals surface area contributed by atoms with E-state index in [9.17, 15) is 19.2 Å². The summed E-state index contributed by atoms with van der Waals surface area (Å²) in [4.78, 5) is 55.0. The molecule has 178 valence electrons. The number of rotatable bonds is 5. The van der Waals surface area contributed by atoms with Crippen LogP contribution in [-0.4, -0.2) is 96.5 Å². The smallest absolute Gasteiger partial charge is 0.281 e. The monoisotopic (exact) mass is 476 g/mol. The molecule has 4 amide bonds. The van der Waals surface area contributed by atoms with Gasteiger partial charge >= 0.3 is 0 Å². The molecule has 0 aromatic heterocycles. The van der Waals surface area contributed by atoms with Crippen LogP contribution in [0.15, 0.2) is 24.3 Å². The number of nitrogens with one attached hydrogen (secondary N) is 2. The molecule has 3 aliphatic rings. The zero-order valence-electron chi connectivity index (χ0n) is 18.6. The average molecular weight is 477 g/mol. The van der Waals surface area contributed by atoms with Gasteiger partial charge in [-0.3, -0.25) is 19.2 Å². The summed E-state index contributed by atoms with van der Waals surface area (Å²) in [5.74, 6) is 1.27. The number of amides is 4. The van der Waals surface area contributed by atoms with Crippen molar-refractivity contribution in [2.24, 2.45) is 0 Å². The van der Waals surface area contributed by atoms with Crippen molar-refractivity contribution in [3.05, 3.63) is 29.8 Å². The van der Waals surface area contributed by atoms with E-state index in [0.717, 1.165) is 18.1 Å². The quantitative estimate of drug-likeness (QED) is 0.469. The molecule has 3 heterocycles. The van der Waals surface area contributed by atoms with Crippen LogP contribution in [0.5, 0.6) is 5.75 Å². The number of hydrogen-bond acceptors (Lipinski definition) is 6. The Balaban J connectivity index is 1.53. The van der Waals surface area contributed by atoms with Crippen LogP contribution in [0.25, 0.3) is 0 Å². The number of quaternary nitrogens is 1. The van der Waals surface area contributed by atoms with E-state index < -0.39 is 18.0 Å². The second-order valence-corrected chi connectivity index (χ2v) is 9.48. The average Bonchev–Trinajstić information content (AvgIpc) is 3.39. The van der Waals surface area contributed by atoms with Crippen LogP contribution in [-0.2, 0) is 14.4 Å². The minimum atomic E-state index is -0.874. The highest BCUT2D eigenvalue weighted by atomic mass is 32.2. The van der Waals surface area contributed by atoms with Gasteiger partial charge in [0.1, 0.15) is 23.7 Å². The predicted molar refractivity (Wildman–Crippen MR) is 122 cm³/mol. The number of carbonyl (C=O) groups excluding carboxylic acids is 4. The fraction of sp³-hybridized carbons (Fsp3) is 0.545. The summed E-state index contributed by atoms with van der Waals surface area (Å²) in [5, 5.41) is 7.57. The number of piperazine rings is 1. The molecule has 11 heteroatoms. The van der Waals surface area contributed by atoms with Gasteiger partial charge in [0, 0.05) is 25.2 Å². The molecule has 3 fully saturated rings. The molecule has 1 aromatic carbocycles. The van der Waals surface area contributed by atoms with Crippen molar-refractivity contribution in [1.82, 2.24) is 20.4 Å². The van der Waals surface area contributed by atoms with Crippen LogP contribution in [0.3, 0.4) is 0 Å². The zero-order valence-corrected chi connectivity index (χ0v) is 19.4. The molecule has 4 rings (SSSR count). The molecule has 0 radical (unpaired) electrons. The maximum absolute atomic E-state index is 13.3. The van der Waals surface area contributed by atoms with Crippen LogP contribution in [0.1, 0.15) is 23.2 Å². The van der Waals surface area contributed by atoms with Gasteiger partial charge in [0.15, 0.2) is 6.04 Å². The lowest BCUT2D eigenvalue weighted by molar-refractivity contribution is -0.649. The SMILES string of the molecule is COc1ccc(C(=O)N2CCN(C(=O)[C@@H]3CSC[NH2+]3)C[C@@H]2C(=O)N[C@H]2CCCNC2=O)cc1. The van der Waals surface area contributed by atoms with Crippen molar-refractivity contribution in [2.45, 2.75) is 31.0 Å². The molecule has 4 N–H and O–H groups in total. The van der Waals surface area contributed by atoms with E-state index in [1.165, 1.54) is 4.90 Å². The van der Waals surface area contributed by atoms with Gasteiger partial charge in [0.05, 0.1) is 19.4 Å². The Bertz CT molecular complexity index is 905. The van der Waals surface area contributed by atoms with Crippen molar-refractivity contribution in [3.63, 3.8) is 0 Å². The first-order valence-electron chi connectivity index (χ1n) is 11.2. The lowest BCUT2D eigenvalue weighted by Gasteiger charge is -2.41. The van der Waals surface area contributed by atoms with Crippen molar-refractivity contribution >= 4 is 35.4 Å². The molecular weight excluding hydrogens is 446 g/mol. The topological polar surface area (TPSA) is 125 Å². The van der Waals surface area contributed by atoms with Crippen LogP contribution >= 0.6 is 11.8 Å². The fourth-order valence-corrected chi connectivity index (χ4v) is 5.42. The number of ether oxygens (including phenoxy) is 1. The van der Waals surface area contributed by atoms with Gasteiger partial charge in [0.2, 0.25) is 11.8 Å². The van der Waals surface area contributed by atoms with Crippen LogP contribution in [0.2, 0.25) is 0 Å². The summed E-state index contributed by atoms with van der Waals surface area (Å²) in [6.07, 6.45) is 1.32. The van der Waals surface area contributed by atoms with E-state index in [0.29, 0.717) is 30.8 Å². The molecular formula is C22H30N5O5S+. The van der Waals surface area contributed by atoms with E-state index in [1.54, 1.807) is 48.0 Å². The first-order chi connectivity index (χ1) is 16.0. The number of nitrogens with two attached hydrogens (primary N) is 1. The summed E-state index contributed by atoms with van der Waals surface area (Å²) in [5.41, 5.74) is 0.435. The molecule has 10 nitrogen and oxygen atoms in total. The predicted octanol–water partition coefficient (Wildman–Crippen LogP) is -1.62. The van der Waals surface area contributed by atoms with E-state index in [2.05, 4.69) is 10.6 Å². The highest BCUT2D eigenvalue weighted by Gasteiger charge is 2.41. The Hall–Kier alpha value is -2.79. The second kappa shape index (κ2) is 10.4. The first-order valence-corrected chi connectivity index (χ1v) is 12.4. The number of hydrogen-bond donors (Lipinski definition) is 3. The molecule has 33 heavy (non-hydrogen) atoms. The Morgan fingerprint density at radius 2 is 2.00 bits per heavy atom. The number of piperidine rings is 1. The van der Waals surface area contributed by atoms with E-state index >= 15 is 0 Å². The Morgan fingerprint density at radius 3 is 2.67 bits per heavy atom. The second-order valence-electron chi connectivity index (χ2n) is 8.40. The van der Waals surface area contributed by atoms with Gasteiger partial charge in [-0.15, -0.1) is 0 Å². The Kier molecular flexibility index (Phi) is 7.39. The fourth-order valence-electron chi connectivity index (χ4n) is 4.38. The lowest BCUT2D eigenvalue weighted by Crippen LogP contribution is -2.90. The molecule has 3 atom stereocenters. The van der Waals surface area contributed by atoms with Gasteiger partial charge in [-0.1, -0.05) is 11.8 Å². The highest BCUT2D eigenvalue weighted by molar-refractivity contribution is 7.99. The molecule has 0 saturated carbocycles. The molecule has 1 aromatic rings. The minimum absolute atomic E-state index is 0.00949. The van der Waals surface area contributed by atoms with E-state index in [1.807, 2.05) is 5.32 Å². The van der Waals surface area contributed by atoms with Gasteiger partial charge in [-0.25, -0.2) is 0 Å². The molecule has 0 bridgehead atoms. The van der Waals surface area contributed by atoms with Crippen molar-refractivity contribution in [3.8, 4) is 5.75 Å². The van der Waals surface area contributed by atoms with E-state index in [4.69, 9.17) is 4.74 Å². The Morgan fingerprint density at radius 1 is 1.21 bits per heavy atom. The third-order valence-electron chi connectivity index (χ3n) is 6.31. The normalized spacial score (nSPS) is 25.4. The third-order valence-corrected chi connectivity index (χ3v) is 7.33. The molecule has 3 aliphatic heterocycles. The standard InChI is InChI=1S/C22H29N5O5S/c1-32-15-6-4-14(5-7-15)21(30)27-10-9-26(22(31)17-12-33-13-24-17)11-18(27)20(29)25-16-3-2-8-23-19(16)28/h4-7,16-18,24H,2-3,8-13H2,1H3,(H,23,28)(H,25,29)/p+1/t16-,17-,18+/m0/s1. The first kappa shape index (κ1) is 23.4. The summed E-state index contributed by atoms with van der Waals surface area (Å²) < 4.78 is 5.16. The lowest BCUT2D eigenvalue weighted by atomic mass is 10.0. The number of nitrogens with zero attached hydrogens (tertiary/aromatic N) is 2. The summed E-state index contributed by atoms with van der Waals surface area (Å²) in [6, 6.07) is 5.05.